The molecule has 0 spiro atoms. The van der Waals surface area contributed by atoms with E-state index in [-0.39, 0.29) is 11.8 Å². The number of aromatic nitrogens is 4. The minimum atomic E-state index is 0.0573. The van der Waals surface area contributed by atoms with E-state index in [2.05, 4.69) is 50.3 Å². The van der Waals surface area contributed by atoms with E-state index in [4.69, 9.17) is 4.74 Å². The normalized spacial score (nSPS) is 14.3. The van der Waals surface area contributed by atoms with Crippen molar-refractivity contribution in [1.82, 2.24) is 29.4 Å². The molecule has 0 bridgehead atoms. The zero-order chi connectivity index (χ0) is 39.2. The second-order valence-corrected chi connectivity index (χ2v) is 14.2. The number of para-hydroxylation sites is 5. The first-order chi connectivity index (χ1) is 27.2. The third-order valence-corrected chi connectivity index (χ3v) is 10.7. The fraction of sp³-hybridized carbons (Fsp3) is 0.289. The molecule has 0 atom stereocenters. The third kappa shape index (κ3) is 7.89. The molecule has 2 saturated heterocycles. The summed E-state index contributed by atoms with van der Waals surface area (Å²) in [6.07, 6.45) is 0. The summed E-state index contributed by atoms with van der Waals surface area (Å²) in [5.41, 5.74) is 9.00. The van der Waals surface area contributed by atoms with Crippen LogP contribution >= 0.6 is 0 Å². The van der Waals surface area contributed by atoms with Crippen molar-refractivity contribution in [1.29, 1.82) is 0 Å². The van der Waals surface area contributed by atoms with Gasteiger partial charge in [0.25, 0.3) is 11.8 Å². The molecule has 2 aliphatic heterocycles. The van der Waals surface area contributed by atoms with Gasteiger partial charge in [-0.3, -0.25) is 9.59 Å². The van der Waals surface area contributed by atoms with E-state index in [0.717, 1.165) is 90.4 Å². The second kappa shape index (κ2) is 17.0. The Hall–Kier alpha value is -6.36. The van der Waals surface area contributed by atoms with Crippen LogP contribution in [0.3, 0.4) is 0 Å². The van der Waals surface area contributed by atoms with E-state index in [0.29, 0.717) is 18.7 Å². The summed E-state index contributed by atoms with van der Waals surface area (Å²) in [6, 6.07) is 38.3. The molecule has 11 heteroatoms. The molecule has 6 aromatic rings. The van der Waals surface area contributed by atoms with Crippen LogP contribution in [0.5, 0.6) is 5.75 Å². The number of carbonyl (C=O) groups is 2. The fourth-order valence-corrected chi connectivity index (χ4v) is 7.71. The minimum absolute atomic E-state index is 0.0573. The molecule has 0 saturated carbocycles. The van der Waals surface area contributed by atoms with Crippen LogP contribution in [0.25, 0.3) is 11.4 Å². The van der Waals surface area contributed by atoms with Crippen molar-refractivity contribution in [3.8, 4) is 17.1 Å². The SMILES string of the molecule is COc1ccccc1N1CCN(C(=O)c2c(C)nn(-c3ccccc3)c2C)CC1.Cc1nn(-c2ccccc2)c(C)c1C(=O)N1CCN(c2ccccc2)CC1. The Labute approximate surface area is 329 Å². The minimum Gasteiger partial charge on any atom is -0.495 e. The van der Waals surface area contributed by atoms with Gasteiger partial charge in [-0.05, 0) is 76.2 Å². The highest BCUT2D eigenvalue weighted by Gasteiger charge is 2.29. The zero-order valence-corrected chi connectivity index (χ0v) is 32.9. The van der Waals surface area contributed by atoms with Crippen molar-refractivity contribution < 1.29 is 14.3 Å². The highest BCUT2D eigenvalue weighted by Crippen LogP contribution is 2.29. The Morgan fingerprint density at radius 2 is 0.857 bits per heavy atom. The summed E-state index contributed by atoms with van der Waals surface area (Å²) in [4.78, 5) is 34.9. The Morgan fingerprint density at radius 1 is 0.482 bits per heavy atom. The molecule has 4 heterocycles. The Balaban J connectivity index is 0.000000172. The van der Waals surface area contributed by atoms with E-state index in [9.17, 15) is 9.59 Å². The number of methoxy groups -OCH3 is 1. The van der Waals surface area contributed by atoms with Crippen LogP contribution in [0.15, 0.2) is 115 Å². The Bertz CT molecular complexity index is 2250. The molecule has 8 rings (SSSR count). The largest absolute Gasteiger partial charge is 0.495 e. The number of hydrogen-bond acceptors (Lipinski definition) is 7. The first-order valence-electron chi connectivity index (χ1n) is 19.2. The molecule has 2 fully saturated rings. The Morgan fingerprint density at radius 3 is 1.29 bits per heavy atom. The molecule has 2 aliphatic rings. The van der Waals surface area contributed by atoms with Gasteiger partial charge in [-0.15, -0.1) is 0 Å². The average Bonchev–Trinajstić information content (AvgIpc) is 3.73. The van der Waals surface area contributed by atoms with Crippen molar-refractivity contribution in [3.05, 3.63) is 149 Å². The van der Waals surface area contributed by atoms with E-state index in [1.807, 2.05) is 132 Å². The molecule has 56 heavy (non-hydrogen) atoms. The lowest BCUT2D eigenvalue weighted by molar-refractivity contribution is 0.0737. The fourth-order valence-electron chi connectivity index (χ4n) is 7.71. The van der Waals surface area contributed by atoms with E-state index in [1.54, 1.807) is 7.11 Å². The number of anilines is 2. The topological polar surface area (TPSA) is 92.0 Å². The van der Waals surface area contributed by atoms with Crippen LogP contribution in [-0.4, -0.2) is 101 Å². The number of ether oxygens (including phenoxy) is 1. The molecule has 288 valence electrons. The number of amides is 2. The van der Waals surface area contributed by atoms with Gasteiger partial charge in [-0.1, -0.05) is 66.7 Å². The molecule has 2 amide bonds. The maximum Gasteiger partial charge on any atom is 0.257 e. The van der Waals surface area contributed by atoms with E-state index in [1.165, 1.54) is 5.69 Å². The number of benzene rings is 4. The average molecular weight is 751 g/mol. The van der Waals surface area contributed by atoms with Gasteiger partial charge >= 0.3 is 0 Å². The van der Waals surface area contributed by atoms with Gasteiger partial charge in [-0.25, -0.2) is 9.36 Å². The predicted molar refractivity (Wildman–Crippen MR) is 222 cm³/mol. The standard InChI is InChI=1S/C23H26N4O2.C22H24N4O/c1-17-22(18(2)27(24-17)19-9-5-4-6-10-19)23(28)26-15-13-25(14-16-26)20-11-7-8-12-21(20)29-3;1-17-21(18(2)26(23-17)20-11-7-4-8-12-20)22(27)25-15-13-24(14-16-25)19-9-5-3-6-10-19/h4-12H,13-16H2,1-3H3;3-12H,13-16H2,1-2H3. The van der Waals surface area contributed by atoms with Gasteiger partial charge in [0.2, 0.25) is 0 Å². The van der Waals surface area contributed by atoms with Crippen LogP contribution in [0.1, 0.15) is 43.5 Å². The lowest BCUT2D eigenvalue weighted by Gasteiger charge is -2.36. The number of hydrogen-bond donors (Lipinski definition) is 0. The molecular weight excluding hydrogens is 701 g/mol. The summed E-state index contributed by atoms with van der Waals surface area (Å²) in [7, 11) is 1.69. The first kappa shape index (κ1) is 37.9. The summed E-state index contributed by atoms with van der Waals surface area (Å²) in [6.45, 7) is 13.8. The molecule has 0 unspecified atom stereocenters. The zero-order valence-electron chi connectivity index (χ0n) is 32.9. The first-order valence-corrected chi connectivity index (χ1v) is 19.2. The van der Waals surface area contributed by atoms with Gasteiger partial charge in [0.05, 0.1) is 58.1 Å². The highest BCUT2D eigenvalue weighted by atomic mass is 16.5. The predicted octanol–water partition coefficient (Wildman–Crippen LogP) is 6.91. The number of rotatable bonds is 7. The van der Waals surface area contributed by atoms with Gasteiger partial charge in [0.15, 0.2) is 0 Å². The number of piperazine rings is 2. The van der Waals surface area contributed by atoms with Gasteiger partial charge in [0.1, 0.15) is 5.75 Å². The molecule has 0 radical (unpaired) electrons. The molecule has 0 N–H and O–H groups in total. The van der Waals surface area contributed by atoms with Crippen LogP contribution < -0.4 is 14.5 Å². The number of carbonyl (C=O) groups excluding carboxylic acids is 2. The summed E-state index contributed by atoms with van der Waals surface area (Å²) in [5, 5.41) is 9.24. The van der Waals surface area contributed by atoms with E-state index < -0.39 is 0 Å². The van der Waals surface area contributed by atoms with Crippen molar-refractivity contribution in [2.24, 2.45) is 0 Å². The quantitative estimate of drug-likeness (QED) is 0.175. The van der Waals surface area contributed by atoms with Crippen molar-refractivity contribution >= 4 is 23.2 Å². The van der Waals surface area contributed by atoms with Crippen LogP contribution in [0, 0.1) is 27.7 Å². The van der Waals surface area contributed by atoms with Crippen LogP contribution in [0.4, 0.5) is 11.4 Å². The van der Waals surface area contributed by atoms with Crippen molar-refractivity contribution in [3.63, 3.8) is 0 Å². The van der Waals surface area contributed by atoms with E-state index >= 15 is 0 Å². The summed E-state index contributed by atoms with van der Waals surface area (Å²) >= 11 is 0. The highest BCUT2D eigenvalue weighted by molar-refractivity contribution is 5.97. The summed E-state index contributed by atoms with van der Waals surface area (Å²) < 4.78 is 9.20. The van der Waals surface area contributed by atoms with Crippen LogP contribution in [-0.2, 0) is 0 Å². The summed E-state index contributed by atoms with van der Waals surface area (Å²) in [5.74, 6) is 1.00. The van der Waals surface area contributed by atoms with Gasteiger partial charge < -0.3 is 24.3 Å². The smallest absolute Gasteiger partial charge is 0.257 e. The second-order valence-electron chi connectivity index (χ2n) is 14.2. The monoisotopic (exact) mass is 750 g/mol. The maximum absolute atomic E-state index is 13.3. The van der Waals surface area contributed by atoms with Crippen molar-refractivity contribution in [2.45, 2.75) is 27.7 Å². The molecule has 4 aromatic carbocycles. The van der Waals surface area contributed by atoms with Gasteiger partial charge in [-0.2, -0.15) is 10.2 Å². The number of aryl methyl sites for hydroxylation is 2. The molecule has 2 aromatic heterocycles. The lowest BCUT2D eigenvalue weighted by atomic mass is 10.1. The number of nitrogens with zero attached hydrogens (tertiary/aromatic N) is 8. The van der Waals surface area contributed by atoms with Crippen LogP contribution in [0.2, 0.25) is 0 Å². The molecule has 11 nitrogen and oxygen atoms in total. The maximum atomic E-state index is 13.3. The third-order valence-electron chi connectivity index (χ3n) is 10.7. The van der Waals surface area contributed by atoms with Crippen molar-refractivity contribution in [2.75, 3.05) is 69.3 Å². The molecular formula is C45H50N8O3. The lowest BCUT2D eigenvalue weighted by Crippen LogP contribution is -2.49. The Kier molecular flexibility index (Phi) is 11.5. The van der Waals surface area contributed by atoms with Gasteiger partial charge in [0, 0.05) is 58.0 Å². The molecule has 0 aliphatic carbocycles.